The third-order valence-corrected chi connectivity index (χ3v) is 3.74. The van der Waals surface area contributed by atoms with Crippen molar-refractivity contribution < 1.29 is 14.5 Å². The van der Waals surface area contributed by atoms with Gasteiger partial charge in [-0.25, -0.2) is 0 Å². The lowest BCUT2D eigenvalue weighted by Gasteiger charge is -2.08. The molecular weight excluding hydrogens is 346 g/mol. The van der Waals surface area contributed by atoms with Gasteiger partial charge in [0.05, 0.1) is 15.5 Å². The van der Waals surface area contributed by atoms with Crippen LogP contribution in [0.5, 0.6) is 5.75 Å². The summed E-state index contributed by atoms with van der Waals surface area (Å²) in [6.07, 6.45) is 0.607. The van der Waals surface area contributed by atoms with Gasteiger partial charge in [-0.3, -0.25) is 14.9 Å². The molecule has 0 heterocycles. The molecule has 0 spiro atoms. The summed E-state index contributed by atoms with van der Waals surface area (Å²) in [5.41, 5.74) is 6.30. The van der Waals surface area contributed by atoms with Gasteiger partial charge < -0.3 is 15.8 Å². The lowest BCUT2D eigenvalue weighted by atomic mass is 10.1. The number of amides is 1. The average Bonchev–Trinajstić information content (AvgIpc) is 2.61. The van der Waals surface area contributed by atoms with Crippen molar-refractivity contribution in [3.05, 3.63) is 68.7 Å². The van der Waals surface area contributed by atoms with E-state index in [9.17, 15) is 14.9 Å². The Labute approximate surface area is 149 Å². The summed E-state index contributed by atoms with van der Waals surface area (Å²) >= 11 is 5.94. The normalized spacial score (nSPS) is 10.3. The summed E-state index contributed by atoms with van der Waals surface area (Å²) in [6, 6.07) is 11.2. The molecule has 0 saturated heterocycles. The standard InChI is InChI=1S/C17H18ClN3O4/c18-16-6-3-13(21(23)24)11-15(16)17(22)20-9-7-12-1-4-14(5-2-12)25-10-8-19/h1-6,11H,7-10,19H2,(H,20,22). The third-order valence-electron chi connectivity index (χ3n) is 3.41. The van der Waals surface area contributed by atoms with E-state index in [1.54, 1.807) is 0 Å². The second-order valence-corrected chi connectivity index (χ2v) is 5.62. The summed E-state index contributed by atoms with van der Waals surface area (Å²) in [7, 11) is 0. The molecular formula is C17H18ClN3O4. The lowest BCUT2D eigenvalue weighted by Crippen LogP contribution is -2.26. The van der Waals surface area contributed by atoms with Crippen LogP contribution in [-0.2, 0) is 6.42 Å². The Morgan fingerprint density at radius 1 is 1.24 bits per heavy atom. The SMILES string of the molecule is NCCOc1ccc(CCNC(=O)c2cc([N+](=O)[O-])ccc2Cl)cc1. The fraction of sp³-hybridized carbons (Fsp3) is 0.235. The number of hydrogen-bond acceptors (Lipinski definition) is 5. The minimum Gasteiger partial charge on any atom is -0.492 e. The van der Waals surface area contributed by atoms with Crippen LogP contribution in [0.25, 0.3) is 0 Å². The third kappa shape index (κ3) is 5.44. The van der Waals surface area contributed by atoms with Crippen LogP contribution >= 0.6 is 11.6 Å². The van der Waals surface area contributed by atoms with Crippen LogP contribution in [0.2, 0.25) is 5.02 Å². The molecule has 7 nitrogen and oxygen atoms in total. The number of nitro benzene ring substituents is 1. The Balaban J connectivity index is 1.90. The molecule has 2 rings (SSSR count). The Bertz CT molecular complexity index is 750. The summed E-state index contributed by atoms with van der Waals surface area (Å²) in [5, 5.41) is 13.7. The molecule has 3 N–H and O–H groups in total. The molecule has 132 valence electrons. The fourth-order valence-corrected chi connectivity index (χ4v) is 2.35. The second kappa shape index (κ2) is 9.00. The number of nitrogens with zero attached hydrogens (tertiary/aromatic N) is 1. The molecule has 0 aliphatic carbocycles. The highest BCUT2D eigenvalue weighted by Gasteiger charge is 2.15. The monoisotopic (exact) mass is 363 g/mol. The molecule has 25 heavy (non-hydrogen) atoms. The molecule has 0 aromatic heterocycles. The van der Waals surface area contributed by atoms with E-state index < -0.39 is 10.8 Å². The van der Waals surface area contributed by atoms with Crippen LogP contribution in [0.15, 0.2) is 42.5 Å². The molecule has 0 atom stereocenters. The molecule has 0 unspecified atom stereocenters. The number of rotatable bonds is 8. The zero-order valence-electron chi connectivity index (χ0n) is 13.4. The topological polar surface area (TPSA) is 107 Å². The van der Waals surface area contributed by atoms with Crippen molar-refractivity contribution in [3.63, 3.8) is 0 Å². The maximum atomic E-state index is 12.2. The van der Waals surface area contributed by atoms with E-state index in [0.717, 1.165) is 11.3 Å². The lowest BCUT2D eigenvalue weighted by molar-refractivity contribution is -0.384. The highest BCUT2D eigenvalue weighted by molar-refractivity contribution is 6.33. The molecule has 0 radical (unpaired) electrons. The van der Waals surface area contributed by atoms with Crippen LogP contribution in [0.3, 0.4) is 0 Å². The Morgan fingerprint density at radius 2 is 1.96 bits per heavy atom. The van der Waals surface area contributed by atoms with Gasteiger partial charge in [-0.05, 0) is 30.2 Å². The molecule has 0 fully saturated rings. The van der Waals surface area contributed by atoms with Gasteiger partial charge in [0.25, 0.3) is 11.6 Å². The van der Waals surface area contributed by atoms with E-state index in [0.29, 0.717) is 26.1 Å². The zero-order valence-corrected chi connectivity index (χ0v) is 14.2. The van der Waals surface area contributed by atoms with Gasteiger partial charge in [0.1, 0.15) is 12.4 Å². The first-order chi connectivity index (χ1) is 12.0. The zero-order chi connectivity index (χ0) is 18.2. The van der Waals surface area contributed by atoms with E-state index in [1.807, 2.05) is 24.3 Å². The van der Waals surface area contributed by atoms with Gasteiger partial charge in [-0.1, -0.05) is 23.7 Å². The Morgan fingerprint density at radius 3 is 2.60 bits per heavy atom. The number of carbonyl (C=O) groups is 1. The predicted octanol–water partition coefficient (Wildman–Crippen LogP) is 2.56. The first-order valence-corrected chi connectivity index (χ1v) is 8.03. The summed E-state index contributed by atoms with van der Waals surface area (Å²) < 4.78 is 5.39. The van der Waals surface area contributed by atoms with E-state index in [-0.39, 0.29) is 16.3 Å². The first kappa shape index (κ1) is 18.7. The predicted molar refractivity (Wildman–Crippen MR) is 95.1 cm³/mol. The van der Waals surface area contributed by atoms with E-state index >= 15 is 0 Å². The van der Waals surface area contributed by atoms with Crippen molar-refractivity contribution in [1.82, 2.24) is 5.32 Å². The molecule has 0 saturated carbocycles. The number of benzene rings is 2. The van der Waals surface area contributed by atoms with Gasteiger partial charge in [0.15, 0.2) is 0 Å². The number of non-ortho nitro benzene ring substituents is 1. The number of nitrogens with one attached hydrogen (secondary N) is 1. The van der Waals surface area contributed by atoms with Crippen LogP contribution in [0.1, 0.15) is 15.9 Å². The number of carbonyl (C=O) groups excluding carboxylic acids is 1. The summed E-state index contributed by atoms with van der Waals surface area (Å²) in [6.45, 7) is 1.29. The molecule has 8 heteroatoms. The van der Waals surface area contributed by atoms with Crippen molar-refractivity contribution in [1.29, 1.82) is 0 Å². The summed E-state index contributed by atoms with van der Waals surface area (Å²) in [4.78, 5) is 22.4. The molecule has 0 aliphatic rings. The molecule has 2 aromatic rings. The number of nitrogens with two attached hydrogens (primary N) is 1. The van der Waals surface area contributed by atoms with Crippen molar-refractivity contribution in [2.45, 2.75) is 6.42 Å². The average molecular weight is 364 g/mol. The Kier molecular flexibility index (Phi) is 6.73. The van der Waals surface area contributed by atoms with Crippen LogP contribution in [-0.4, -0.2) is 30.5 Å². The van der Waals surface area contributed by atoms with E-state index in [2.05, 4.69) is 5.32 Å². The number of halogens is 1. The number of hydrogen-bond donors (Lipinski definition) is 2. The summed E-state index contributed by atoms with van der Waals surface area (Å²) in [5.74, 6) is 0.290. The van der Waals surface area contributed by atoms with Crippen molar-refractivity contribution in [2.24, 2.45) is 5.73 Å². The second-order valence-electron chi connectivity index (χ2n) is 5.21. The van der Waals surface area contributed by atoms with Crippen molar-refractivity contribution >= 4 is 23.2 Å². The highest BCUT2D eigenvalue weighted by atomic mass is 35.5. The van der Waals surface area contributed by atoms with Crippen LogP contribution < -0.4 is 15.8 Å². The first-order valence-electron chi connectivity index (χ1n) is 7.65. The number of ether oxygens (including phenoxy) is 1. The van der Waals surface area contributed by atoms with Gasteiger partial charge in [-0.15, -0.1) is 0 Å². The number of nitro groups is 1. The minimum absolute atomic E-state index is 0.0846. The fourth-order valence-electron chi connectivity index (χ4n) is 2.15. The van der Waals surface area contributed by atoms with E-state index in [4.69, 9.17) is 22.1 Å². The van der Waals surface area contributed by atoms with Crippen LogP contribution in [0, 0.1) is 10.1 Å². The van der Waals surface area contributed by atoms with Gasteiger partial charge in [0.2, 0.25) is 0 Å². The maximum absolute atomic E-state index is 12.2. The minimum atomic E-state index is -0.568. The van der Waals surface area contributed by atoms with E-state index in [1.165, 1.54) is 18.2 Å². The smallest absolute Gasteiger partial charge is 0.270 e. The van der Waals surface area contributed by atoms with Crippen molar-refractivity contribution in [2.75, 3.05) is 19.7 Å². The molecule has 0 bridgehead atoms. The van der Waals surface area contributed by atoms with Gasteiger partial charge in [-0.2, -0.15) is 0 Å². The van der Waals surface area contributed by atoms with Gasteiger partial charge in [0, 0.05) is 25.2 Å². The molecule has 0 aliphatic heterocycles. The highest BCUT2D eigenvalue weighted by Crippen LogP contribution is 2.22. The van der Waals surface area contributed by atoms with Crippen LogP contribution in [0.4, 0.5) is 5.69 Å². The Hall–Kier alpha value is -2.64. The molecule has 2 aromatic carbocycles. The maximum Gasteiger partial charge on any atom is 0.270 e. The van der Waals surface area contributed by atoms with Crippen molar-refractivity contribution in [3.8, 4) is 5.75 Å². The largest absolute Gasteiger partial charge is 0.492 e. The molecule has 1 amide bonds. The van der Waals surface area contributed by atoms with Gasteiger partial charge >= 0.3 is 0 Å². The quantitative estimate of drug-likeness (QED) is 0.553.